The number of thiazole rings is 1. The Labute approximate surface area is 152 Å². The van der Waals surface area contributed by atoms with Gasteiger partial charge in [-0.2, -0.15) is 4.98 Å². The van der Waals surface area contributed by atoms with Crippen LogP contribution in [0.4, 0.5) is 0 Å². The van der Waals surface area contributed by atoms with Crippen LogP contribution in [0.5, 0.6) is 0 Å². The maximum Gasteiger partial charge on any atom is 0.265 e. The Morgan fingerprint density at radius 3 is 2.60 bits per heavy atom. The number of rotatable bonds is 4. The Balaban J connectivity index is 1.75. The second kappa shape index (κ2) is 7.23. The molecule has 0 aliphatic carbocycles. The summed E-state index contributed by atoms with van der Waals surface area (Å²) in [5.74, 6) is 2.18. The van der Waals surface area contributed by atoms with Crippen LogP contribution in [0, 0.1) is 6.92 Å². The summed E-state index contributed by atoms with van der Waals surface area (Å²) >= 11 is 1.52. The highest BCUT2D eigenvalue weighted by Gasteiger charge is 2.31. The van der Waals surface area contributed by atoms with Gasteiger partial charge in [-0.15, -0.1) is 11.3 Å². The molecule has 0 bridgehead atoms. The van der Waals surface area contributed by atoms with Gasteiger partial charge < -0.3 is 9.42 Å². The van der Waals surface area contributed by atoms with Crippen molar-refractivity contribution in [2.75, 3.05) is 13.1 Å². The smallest absolute Gasteiger partial charge is 0.265 e. The first-order valence-electron chi connectivity index (χ1n) is 8.97. The summed E-state index contributed by atoms with van der Waals surface area (Å²) in [4.78, 5) is 24.7. The molecule has 6 nitrogen and oxygen atoms in total. The third-order valence-electron chi connectivity index (χ3n) is 4.53. The predicted molar refractivity (Wildman–Crippen MR) is 97.2 cm³/mol. The molecule has 1 aliphatic rings. The average Bonchev–Trinajstić information content (AvgIpc) is 3.21. The van der Waals surface area contributed by atoms with Gasteiger partial charge in [0.25, 0.3) is 5.91 Å². The van der Waals surface area contributed by atoms with Crippen molar-refractivity contribution in [2.24, 2.45) is 0 Å². The fraction of sp³-hybridized carbons (Fsp3) is 0.667. The highest BCUT2D eigenvalue weighted by molar-refractivity contribution is 7.13. The second-order valence-electron chi connectivity index (χ2n) is 7.36. The first-order chi connectivity index (χ1) is 11.9. The summed E-state index contributed by atoms with van der Waals surface area (Å²) in [6.45, 7) is 11.6. The topological polar surface area (TPSA) is 72.1 Å². The lowest BCUT2D eigenvalue weighted by Gasteiger charge is -2.30. The summed E-state index contributed by atoms with van der Waals surface area (Å²) in [6, 6.07) is 0. The summed E-state index contributed by atoms with van der Waals surface area (Å²) in [5, 5.41) is 5.08. The third-order valence-corrected chi connectivity index (χ3v) is 5.98. The van der Waals surface area contributed by atoms with Crippen LogP contribution in [0.3, 0.4) is 0 Å². The van der Waals surface area contributed by atoms with Gasteiger partial charge in [0.2, 0.25) is 5.89 Å². The largest absolute Gasteiger partial charge is 0.339 e. The van der Waals surface area contributed by atoms with Gasteiger partial charge in [-0.05, 0) is 19.8 Å². The molecule has 2 aromatic rings. The lowest BCUT2D eigenvalue weighted by atomic mass is 9.97. The second-order valence-corrected chi connectivity index (χ2v) is 8.39. The number of piperidine rings is 1. The molecule has 0 aromatic carbocycles. The zero-order chi connectivity index (χ0) is 18.1. The molecular weight excluding hydrogens is 336 g/mol. The molecule has 136 valence electrons. The van der Waals surface area contributed by atoms with Crippen molar-refractivity contribution in [3.05, 3.63) is 27.3 Å². The van der Waals surface area contributed by atoms with Gasteiger partial charge in [0.1, 0.15) is 4.88 Å². The van der Waals surface area contributed by atoms with E-state index in [0.717, 1.165) is 40.8 Å². The predicted octanol–water partition coefficient (Wildman–Crippen LogP) is 4.10. The van der Waals surface area contributed by atoms with Crippen LogP contribution >= 0.6 is 11.3 Å². The summed E-state index contributed by atoms with van der Waals surface area (Å²) in [5.41, 5.74) is 0.834. The van der Waals surface area contributed by atoms with E-state index in [1.807, 2.05) is 25.7 Å². The summed E-state index contributed by atoms with van der Waals surface area (Å²) in [6.07, 6.45) is 1.92. The number of hydrogen-bond acceptors (Lipinski definition) is 6. The number of carbonyl (C=O) groups excluding carboxylic acids is 1. The Morgan fingerprint density at radius 2 is 2.00 bits per heavy atom. The summed E-state index contributed by atoms with van der Waals surface area (Å²) in [7, 11) is 0. The Morgan fingerprint density at radius 1 is 1.24 bits per heavy atom. The van der Waals surface area contributed by atoms with Gasteiger partial charge in [0.15, 0.2) is 5.82 Å². The third kappa shape index (κ3) is 3.76. The van der Waals surface area contributed by atoms with Gasteiger partial charge >= 0.3 is 0 Å². The number of aromatic nitrogens is 3. The summed E-state index contributed by atoms with van der Waals surface area (Å²) < 4.78 is 5.45. The van der Waals surface area contributed by atoms with Gasteiger partial charge in [-0.1, -0.05) is 32.9 Å². The van der Waals surface area contributed by atoms with E-state index in [0.29, 0.717) is 18.4 Å². The molecule has 25 heavy (non-hydrogen) atoms. The number of carbonyl (C=O) groups is 1. The maximum atomic E-state index is 13.0. The molecule has 1 atom stereocenters. The quantitative estimate of drug-likeness (QED) is 0.819. The Hall–Kier alpha value is -1.76. The SMILES string of the molecule is Cc1nc(C(C)C)sc1C(=O)N1CCC[C@@H](c2nc(C(C)C)no2)C1. The molecular formula is C18H26N4O2S. The fourth-order valence-electron chi connectivity index (χ4n) is 3.02. The number of hydrogen-bond donors (Lipinski definition) is 0. The first-order valence-corrected chi connectivity index (χ1v) is 9.78. The minimum atomic E-state index is 0.0789. The molecule has 0 spiro atoms. The minimum Gasteiger partial charge on any atom is -0.339 e. The van der Waals surface area contributed by atoms with Gasteiger partial charge in [-0.3, -0.25) is 4.79 Å². The zero-order valence-electron chi connectivity index (χ0n) is 15.6. The maximum absolute atomic E-state index is 13.0. The molecule has 0 unspecified atom stereocenters. The molecule has 1 saturated heterocycles. The highest BCUT2D eigenvalue weighted by Crippen LogP contribution is 2.30. The first kappa shape index (κ1) is 18.0. The molecule has 0 N–H and O–H groups in total. The molecule has 2 aromatic heterocycles. The number of aryl methyl sites for hydroxylation is 1. The van der Waals surface area contributed by atoms with Gasteiger partial charge in [0.05, 0.1) is 16.6 Å². The van der Waals surface area contributed by atoms with Crippen molar-refractivity contribution in [1.29, 1.82) is 0 Å². The van der Waals surface area contributed by atoms with Crippen molar-refractivity contribution in [1.82, 2.24) is 20.0 Å². The van der Waals surface area contributed by atoms with E-state index in [4.69, 9.17) is 4.52 Å². The number of likely N-dealkylation sites (tertiary alicyclic amines) is 1. The Bertz CT molecular complexity index is 750. The van der Waals surface area contributed by atoms with Crippen molar-refractivity contribution in [3.8, 4) is 0 Å². The van der Waals surface area contributed by atoms with E-state index in [2.05, 4.69) is 29.0 Å². The molecule has 7 heteroatoms. The normalized spacial score (nSPS) is 18.4. The standard InChI is InChI=1S/C18H26N4O2S/c1-10(2)15-20-16(24-21-15)13-7-6-8-22(9-13)18(23)14-12(5)19-17(25-14)11(3)4/h10-11,13H,6-9H2,1-5H3/t13-/m1/s1. The van der Waals surface area contributed by atoms with Gasteiger partial charge in [0, 0.05) is 24.9 Å². The van der Waals surface area contributed by atoms with Crippen molar-refractivity contribution in [2.45, 2.75) is 65.2 Å². The monoisotopic (exact) mass is 362 g/mol. The van der Waals surface area contributed by atoms with Gasteiger partial charge in [-0.25, -0.2) is 4.98 Å². The van der Waals surface area contributed by atoms with E-state index in [-0.39, 0.29) is 17.7 Å². The molecule has 0 radical (unpaired) electrons. The average molecular weight is 362 g/mol. The van der Waals surface area contributed by atoms with Crippen LogP contribution in [0.25, 0.3) is 0 Å². The lowest BCUT2D eigenvalue weighted by molar-refractivity contribution is 0.0699. The Kier molecular flexibility index (Phi) is 5.22. The van der Waals surface area contributed by atoms with Crippen LogP contribution in [-0.4, -0.2) is 39.0 Å². The van der Waals surface area contributed by atoms with Crippen LogP contribution in [0.15, 0.2) is 4.52 Å². The van der Waals surface area contributed by atoms with Crippen molar-refractivity contribution in [3.63, 3.8) is 0 Å². The van der Waals surface area contributed by atoms with Crippen LogP contribution in [0.1, 0.15) is 90.4 Å². The molecule has 3 rings (SSSR count). The molecule has 1 aliphatic heterocycles. The van der Waals surface area contributed by atoms with E-state index in [1.165, 1.54) is 11.3 Å². The molecule has 0 saturated carbocycles. The zero-order valence-corrected chi connectivity index (χ0v) is 16.4. The minimum absolute atomic E-state index is 0.0789. The number of nitrogens with zero attached hydrogens (tertiary/aromatic N) is 4. The molecule has 1 amide bonds. The molecule has 1 fully saturated rings. The van der Waals surface area contributed by atoms with Crippen LogP contribution in [0.2, 0.25) is 0 Å². The van der Waals surface area contributed by atoms with Crippen LogP contribution in [-0.2, 0) is 0 Å². The van der Waals surface area contributed by atoms with E-state index in [9.17, 15) is 4.79 Å². The van der Waals surface area contributed by atoms with E-state index in [1.54, 1.807) is 0 Å². The lowest BCUT2D eigenvalue weighted by Crippen LogP contribution is -2.39. The van der Waals surface area contributed by atoms with Crippen molar-refractivity contribution >= 4 is 17.2 Å². The van der Waals surface area contributed by atoms with Crippen molar-refractivity contribution < 1.29 is 9.32 Å². The highest BCUT2D eigenvalue weighted by atomic mass is 32.1. The fourth-order valence-corrected chi connectivity index (χ4v) is 4.05. The number of amides is 1. The molecule has 3 heterocycles. The van der Waals surface area contributed by atoms with Crippen LogP contribution < -0.4 is 0 Å². The van der Waals surface area contributed by atoms with E-state index >= 15 is 0 Å². The van der Waals surface area contributed by atoms with E-state index < -0.39 is 0 Å².